The third-order valence-corrected chi connectivity index (χ3v) is 7.63. The summed E-state index contributed by atoms with van der Waals surface area (Å²) in [7, 11) is 2.19. The monoisotopic (exact) mass is 515 g/mol. The van der Waals surface area contributed by atoms with Gasteiger partial charge in [0.2, 0.25) is 5.79 Å². The minimum atomic E-state index is -1.26. The standard InChI is InChI=1S/C30H41N7O/c1-18(2)22-9-7-8-10-26(22)33-28-24-17-32-36-29(24)35-30(31,34-28)25-15-20(5)23(16-27(25)38-19(3)4)21-11-13-37(6)14-12-21/h7-10,15-19,21H,11-14,31H2,1-6H3,(H,33,34)(H2,32,35,36). The number of nitrogens with zero attached hydrogens (tertiary/aromatic N) is 3. The number of aliphatic imine (C=N–C) groups is 1. The number of aromatic amines is 1. The number of nitrogens with two attached hydrogens (primary N) is 1. The van der Waals surface area contributed by atoms with E-state index in [1.54, 1.807) is 6.20 Å². The second-order valence-electron chi connectivity index (χ2n) is 11.3. The minimum absolute atomic E-state index is 0.00352. The highest BCUT2D eigenvalue weighted by atomic mass is 16.5. The van der Waals surface area contributed by atoms with Gasteiger partial charge in [0.1, 0.15) is 17.4 Å². The summed E-state index contributed by atoms with van der Waals surface area (Å²) in [4.78, 5) is 7.48. The zero-order valence-electron chi connectivity index (χ0n) is 23.4. The molecule has 1 fully saturated rings. The number of benzene rings is 2. The quantitative estimate of drug-likeness (QED) is 0.346. The van der Waals surface area contributed by atoms with E-state index < -0.39 is 5.79 Å². The van der Waals surface area contributed by atoms with Gasteiger partial charge in [-0.2, -0.15) is 5.10 Å². The highest BCUT2D eigenvalue weighted by Gasteiger charge is 2.38. The van der Waals surface area contributed by atoms with Crippen LogP contribution in [0.1, 0.15) is 80.2 Å². The van der Waals surface area contributed by atoms with Gasteiger partial charge < -0.3 is 20.3 Å². The first-order chi connectivity index (χ1) is 18.1. The maximum atomic E-state index is 7.12. The molecule has 2 aliphatic heterocycles. The van der Waals surface area contributed by atoms with Crippen LogP contribution < -0.4 is 21.1 Å². The number of aryl methyl sites for hydroxylation is 1. The van der Waals surface area contributed by atoms with E-state index in [-0.39, 0.29) is 6.10 Å². The van der Waals surface area contributed by atoms with Crippen LogP contribution in [0.5, 0.6) is 5.75 Å². The van der Waals surface area contributed by atoms with Crippen molar-refractivity contribution in [2.45, 2.75) is 71.2 Å². The Bertz CT molecular complexity index is 1320. The van der Waals surface area contributed by atoms with Crippen LogP contribution in [0.4, 0.5) is 11.5 Å². The number of nitrogens with one attached hydrogen (secondary N) is 3. The van der Waals surface area contributed by atoms with Crippen molar-refractivity contribution < 1.29 is 4.74 Å². The van der Waals surface area contributed by atoms with Crippen molar-refractivity contribution in [1.82, 2.24) is 15.1 Å². The number of hydrogen-bond donors (Lipinski definition) is 4. The molecule has 8 heteroatoms. The van der Waals surface area contributed by atoms with E-state index in [0.717, 1.165) is 54.3 Å². The molecule has 0 saturated carbocycles. The molecule has 38 heavy (non-hydrogen) atoms. The molecular formula is C30H41N7O. The molecule has 8 nitrogen and oxygen atoms in total. The minimum Gasteiger partial charge on any atom is -0.490 e. The van der Waals surface area contributed by atoms with Crippen molar-refractivity contribution in [3.05, 3.63) is 70.4 Å². The molecule has 1 unspecified atom stereocenters. The van der Waals surface area contributed by atoms with Crippen molar-refractivity contribution >= 4 is 17.3 Å². The number of anilines is 2. The molecule has 5 N–H and O–H groups in total. The number of ether oxygens (including phenoxy) is 1. The molecule has 0 amide bonds. The summed E-state index contributed by atoms with van der Waals surface area (Å²) in [5, 5.41) is 14.3. The fourth-order valence-corrected chi connectivity index (χ4v) is 5.59. The summed E-state index contributed by atoms with van der Waals surface area (Å²) >= 11 is 0. The largest absolute Gasteiger partial charge is 0.490 e. The van der Waals surface area contributed by atoms with Gasteiger partial charge in [0.05, 0.1) is 23.4 Å². The number of hydrogen-bond acceptors (Lipinski definition) is 7. The highest BCUT2D eigenvalue weighted by Crippen LogP contribution is 2.40. The highest BCUT2D eigenvalue weighted by molar-refractivity contribution is 6.12. The molecule has 0 spiro atoms. The Morgan fingerprint density at radius 2 is 1.87 bits per heavy atom. The third kappa shape index (κ3) is 5.15. The van der Waals surface area contributed by atoms with E-state index in [4.69, 9.17) is 15.5 Å². The van der Waals surface area contributed by atoms with Gasteiger partial charge in [-0.3, -0.25) is 10.8 Å². The van der Waals surface area contributed by atoms with Crippen LogP contribution in [0.2, 0.25) is 0 Å². The molecule has 1 saturated heterocycles. The Balaban J connectivity index is 1.58. The summed E-state index contributed by atoms with van der Waals surface area (Å²) in [6.45, 7) is 12.8. The second-order valence-corrected chi connectivity index (χ2v) is 11.3. The van der Waals surface area contributed by atoms with Gasteiger partial charge in [-0.1, -0.05) is 32.0 Å². The summed E-state index contributed by atoms with van der Waals surface area (Å²) in [6.07, 6.45) is 4.05. The Morgan fingerprint density at radius 1 is 1.13 bits per heavy atom. The number of amidine groups is 1. The fraction of sp³-hybridized carbons (Fsp3) is 0.467. The Kier molecular flexibility index (Phi) is 7.20. The molecule has 5 rings (SSSR count). The molecule has 1 atom stereocenters. The molecule has 0 bridgehead atoms. The van der Waals surface area contributed by atoms with Crippen LogP contribution in [0.25, 0.3) is 0 Å². The lowest BCUT2D eigenvalue weighted by Crippen LogP contribution is -2.47. The van der Waals surface area contributed by atoms with Crippen LogP contribution in [-0.4, -0.2) is 47.2 Å². The lowest BCUT2D eigenvalue weighted by Gasteiger charge is -2.35. The summed E-state index contributed by atoms with van der Waals surface area (Å²) in [6, 6.07) is 12.7. The van der Waals surface area contributed by atoms with E-state index in [1.165, 1.54) is 16.7 Å². The van der Waals surface area contributed by atoms with Crippen LogP contribution >= 0.6 is 0 Å². The van der Waals surface area contributed by atoms with E-state index in [0.29, 0.717) is 17.7 Å². The molecule has 202 valence electrons. The number of likely N-dealkylation sites (tertiary alicyclic amines) is 1. The number of piperidine rings is 1. The predicted molar refractivity (Wildman–Crippen MR) is 155 cm³/mol. The van der Waals surface area contributed by atoms with Crippen LogP contribution in [0.3, 0.4) is 0 Å². The number of fused-ring (bicyclic) bond motifs is 1. The summed E-state index contributed by atoms with van der Waals surface area (Å²) in [5.74, 6) is 1.76. The lowest BCUT2D eigenvalue weighted by molar-refractivity contribution is 0.233. The van der Waals surface area contributed by atoms with Crippen LogP contribution in [0.15, 0.2) is 47.6 Å². The molecule has 1 aromatic heterocycles. The molecule has 2 aromatic carbocycles. The van der Waals surface area contributed by atoms with Crippen molar-refractivity contribution in [2.24, 2.45) is 10.7 Å². The van der Waals surface area contributed by atoms with E-state index in [1.807, 2.05) is 19.9 Å². The summed E-state index contributed by atoms with van der Waals surface area (Å²) in [5.41, 5.74) is 13.5. The number of para-hydroxylation sites is 1. The van der Waals surface area contributed by atoms with E-state index in [9.17, 15) is 0 Å². The van der Waals surface area contributed by atoms with Gasteiger partial charge in [0.25, 0.3) is 0 Å². The zero-order valence-corrected chi connectivity index (χ0v) is 23.4. The van der Waals surface area contributed by atoms with Gasteiger partial charge in [0.15, 0.2) is 0 Å². The zero-order chi connectivity index (χ0) is 27.0. The normalized spacial score (nSPS) is 20.3. The van der Waals surface area contributed by atoms with Crippen molar-refractivity contribution in [3.63, 3.8) is 0 Å². The van der Waals surface area contributed by atoms with Gasteiger partial charge in [-0.15, -0.1) is 0 Å². The van der Waals surface area contributed by atoms with Crippen LogP contribution in [-0.2, 0) is 5.79 Å². The SMILES string of the molecule is Cc1cc(C2(N)N=C(Nc3ccccc3C(C)C)c3cn[nH]c3N2)c(OC(C)C)cc1C1CCN(C)CC1. The average Bonchev–Trinajstić information content (AvgIpc) is 3.34. The van der Waals surface area contributed by atoms with Gasteiger partial charge >= 0.3 is 0 Å². The maximum absolute atomic E-state index is 7.12. The lowest BCUT2D eigenvalue weighted by atomic mass is 9.85. The first-order valence-electron chi connectivity index (χ1n) is 13.7. The topological polar surface area (TPSA) is 104 Å². The van der Waals surface area contributed by atoms with Gasteiger partial charge in [-0.05, 0) is 100 Å². The molecular weight excluding hydrogens is 474 g/mol. The third-order valence-electron chi connectivity index (χ3n) is 7.63. The smallest absolute Gasteiger partial charge is 0.216 e. The Morgan fingerprint density at radius 3 is 2.58 bits per heavy atom. The van der Waals surface area contributed by atoms with Crippen molar-refractivity contribution in [1.29, 1.82) is 0 Å². The molecule has 3 aromatic rings. The van der Waals surface area contributed by atoms with Gasteiger partial charge in [0, 0.05) is 5.69 Å². The van der Waals surface area contributed by atoms with Crippen molar-refractivity contribution in [2.75, 3.05) is 30.8 Å². The molecule has 0 aliphatic carbocycles. The van der Waals surface area contributed by atoms with E-state index >= 15 is 0 Å². The fourth-order valence-electron chi connectivity index (χ4n) is 5.59. The summed E-state index contributed by atoms with van der Waals surface area (Å²) < 4.78 is 6.40. The maximum Gasteiger partial charge on any atom is 0.216 e. The first kappa shape index (κ1) is 26.3. The average molecular weight is 516 g/mol. The Labute approximate surface area is 226 Å². The first-order valence-corrected chi connectivity index (χ1v) is 13.7. The van der Waals surface area contributed by atoms with Crippen molar-refractivity contribution in [3.8, 4) is 5.75 Å². The Hall–Kier alpha value is -3.36. The molecule has 0 radical (unpaired) electrons. The number of aromatic nitrogens is 2. The number of rotatable bonds is 6. The van der Waals surface area contributed by atoms with Crippen LogP contribution in [0, 0.1) is 6.92 Å². The number of H-pyrrole nitrogens is 1. The van der Waals surface area contributed by atoms with E-state index in [2.05, 4.69) is 83.9 Å². The second kappa shape index (κ2) is 10.4. The molecule has 3 heterocycles. The predicted octanol–water partition coefficient (Wildman–Crippen LogP) is 5.49. The molecule has 2 aliphatic rings. The van der Waals surface area contributed by atoms with Gasteiger partial charge in [-0.25, -0.2) is 4.99 Å².